The predicted octanol–water partition coefficient (Wildman–Crippen LogP) is 3.06. The first-order valence-corrected chi connectivity index (χ1v) is 6.21. The molecule has 0 spiro atoms. The van der Waals surface area contributed by atoms with E-state index in [9.17, 15) is 0 Å². The highest BCUT2D eigenvalue weighted by Crippen LogP contribution is 2.33. The van der Waals surface area contributed by atoms with E-state index in [0.717, 1.165) is 11.3 Å². The van der Waals surface area contributed by atoms with E-state index in [-0.39, 0.29) is 12.0 Å². The summed E-state index contributed by atoms with van der Waals surface area (Å²) in [5, 5.41) is 16.7. The molecule has 1 heterocycles. The molecule has 1 aromatic heterocycles. The van der Waals surface area contributed by atoms with Crippen LogP contribution in [0.2, 0.25) is 0 Å². The molecular weight excluding hydrogens is 240 g/mol. The van der Waals surface area contributed by atoms with E-state index in [2.05, 4.69) is 31.0 Å². The van der Waals surface area contributed by atoms with Gasteiger partial charge in [-0.2, -0.15) is 0 Å². The summed E-state index contributed by atoms with van der Waals surface area (Å²) in [7, 11) is 0. The molecular formula is C15H18N2O2. The summed E-state index contributed by atoms with van der Waals surface area (Å²) in [4.78, 5) is 0. The van der Waals surface area contributed by atoms with Crippen LogP contribution in [0, 0.1) is 0 Å². The number of aliphatic hydroxyl groups is 1. The fourth-order valence-electron chi connectivity index (χ4n) is 1.77. The maximum Gasteiger partial charge on any atom is 0.238 e. The van der Waals surface area contributed by atoms with Crippen LogP contribution in [0.25, 0.3) is 0 Å². The largest absolute Gasteiger partial charge is 0.437 e. The summed E-state index contributed by atoms with van der Waals surface area (Å²) in [6.45, 7) is 6.28. The van der Waals surface area contributed by atoms with E-state index in [0.29, 0.717) is 11.6 Å². The zero-order chi connectivity index (χ0) is 13.9. The number of hydrogen-bond donors (Lipinski definition) is 1. The van der Waals surface area contributed by atoms with Crippen molar-refractivity contribution in [2.24, 2.45) is 0 Å². The molecule has 0 aliphatic rings. The van der Waals surface area contributed by atoms with Gasteiger partial charge in [-0.15, -0.1) is 10.2 Å². The van der Waals surface area contributed by atoms with E-state index in [4.69, 9.17) is 9.84 Å². The quantitative estimate of drug-likeness (QED) is 0.919. The summed E-state index contributed by atoms with van der Waals surface area (Å²) < 4.78 is 5.78. The Bertz CT molecular complexity index is 545. The van der Waals surface area contributed by atoms with Crippen molar-refractivity contribution in [1.82, 2.24) is 10.2 Å². The van der Waals surface area contributed by atoms with Crippen LogP contribution in [0.15, 0.2) is 36.4 Å². The van der Waals surface area contributed by atoms with Crippen molar-refractivity contribution in [2.75, 3.05) is 0 Å². The number of nitrogens with zero attached hydrogens (tertiary/aromatic N) is 2. The first-order chi connectivity index (χ1) is 9.00. The van der Waals surface area contributed by atoms with Gasteiger partial charge in [0.15, 0.2) is 0 Å². The molecule has 0 fully saturated rings. The van der Waals surface area contributed by atoms with E-state index < -0.39 is 0 Å². The fourth-order valence-corrected chi connectivity index (χ4v) is 1.77. The van der Waals surface area contributed by atoms with Crippen LogP contribution in [-0.2, 0) is 12.0 Å². The maximum absolute atomic E-state index is 8.93. The first-order valence-electron chi connectivity index (χ1n) is 6.21. The van der Waals surface area contributed by atoms with E-state index in [1.54, 1.807) is 12.1 Å². The Kier molecular flexibility index (Phi) is 3.81. The monoisotopic (exact) mass is 258 g/mol. The minimum atomic E-state index is -0.119. The van der Waals surface area contributed by atoms with Gasteiger partial charge in [0.05, 0.1) is 12.3 Å². The average molecular weight is 258 g/mol. The third-order valence-corrected chi connectivity index (χ3v) is 2.77. The lowest BCUT2D eigenvalue weighted by Gasteiger charge is -2.22. The number of aromatic nitrogens is 2. The van der Waals surface area contributed by atoms with Crippen LogP contribution < -0.4 is 4.74 Å². The molecule has 0 atom stereocenters. The van der Waals surface area contributed by atoms with Gasteiger partial charge in [-0.25, -0.2) is 0 Å². The lowest BCUT2D eigenvalue weighted by molar-refractivity contribution is 0.274. The molecule has 0 aliphatic carbocycles. The summed E-state index contributed by atoms with van der Waals surface area (Å²) in [6.07, 6.45) is 0. The van der Waals surface area contributed by atoms with Gasteiger partial charge < -0.3 is 9.84 Å². The van der Waals surface area contributed by atoms with Crippen LogP contribution in [0.3, 0.4) is 0 Å². The molecule has 1 aromatic carbocycles. The zero-order valence-corrected chi connectivity index (χ0v) is 11.4. The molecule has 0 amide bonds. The van der Waals surface area contributed by atoms with Crippen LogP contribution in [0.1, 0.15) is 32.0 Å². The number of rotatable bonds is 3. The summed E-state index contributed by atoms with van der Waals surface area (Å²) >= 11 is 0. The number of benzene rings is 1. The van der Waals surface area contributed by atoms with Gasteiger partial charge in [-0.05, 0) is 17.5 Å². The second kappa shape index (κ2) is 5.36. The Morgan fingerprint density at radius 3 is 2.37 bits per heavy atom. The van der Waals surface area contributed by atoms with Gasteiger partial charge in [0.1, 0.15) is 5.75 Å². The Morgan fingerprint density at radius 1 is 1.05 bits per heavy atom. The van der Waals surface area contributed by atoms with Crippen molar-refractivity contribution in [2.45, 2.75) is 32.8 Å². The van der Waals surface area contributed by atoms with Crippen molar-refractivity contribution < 1.29 is 9.84 Å². The minimum Gasteiger partial charge on any atom is -0.437 e. The minimum absolute atomic E-state index is 0.00490. The van der Waals surface area contributed by atoms with E-state index in [1.165, 1.54) is 0 Å². The van der Waals surface area contributed by atoms with Gasteiger partial charge in [0, 0.05) is 11.6 Å². The Balaban J connectivity index is 2.28. The zero-order valence-electron chi connectivity index (χ0n) is 11.4. The van der Waals surface area contributed by atoms with Gasteiger partial charge in [-0.3, -0.25) is 0 Å². The van der Waals surface area contributed by atoms with Crippen molar-refractivity contribution >= 4 is 0 Å². The molecule has 0 aliphatic heterocycles. The number of aliphatic hydroxyl groups excluding tert-OH is 1. The van der Waals surface area contributed by atoms with Crippen molar-refractivity contribution in [3.63, 3.8) is 0 Å². The lowest BCUT2D eigenvalue weighted by atomic mass is 9.86. The lowest BCUT2D eigenvalue weighted by Crippen LogP contribution is -2.12. The Morgan fingerprint density at radius 2 is 1.79 bits per heavy atom. The second-order valence-corrected chi connectivity index (χ2v) is 5.37. The van der Waals surface area contributed by atoms with Crippen LogP contribution >= 0.6 is 0 Å². The van der Waals surface area contributed by atoms with Gasteiger partial charge >= 0.3 is 0 Å². The predicted molar refractivity (Wildman–Crippen MR) is 73.2 cm³/mol. The van der Waals surface area contributed by atoms with Crippen molar-refractivity contribution in [3.05, 3.63) is 47.7 Å². The molecule has 0 radical (unpaired) electrons. The molecule has 0 bridgehead atoms. The highest BCUT2D eigenvalue weighted by molar-refractivity contribution is 5.40. The van der Waals surface area contributed by atoms with Crippen LogP contribution in [0.5, 0.6) is 11.6 Å². The molecule has 2 aromatic rings. The normalized spacial score (nSPS) is 11.4. The van der Waals surface area contributed by atoms with Crippen molar-refractivity contribution in [3.8, 4) is 11.6 Å². The van der Waals surface area contributed by atoms with Gasteiger partial charge in [0.2, 0.25) is 5.88 Å². The van der Waals surface area contributed by atoms with Gasteiger partial charge in [-0.1, -0.05) is 39.0 Å². The highest BCUT2D eigenvalue weighted by atomic mass is 16.5. The number of ether oxygens (including phenoxy) is 1. The molecule has 0 saturated carbocycles. The molecule has 0 saturated heterocycles. The van der Waals surface area contributed by atoms with Crippen molar-refractivity contribution in [1.29, 1.82) is 0 Å². The molecule has 4 heteroatoms. The van der Waals surface area contributed by atoms with Gasteiger partial charge in [0.25, 0.3) is 0 Å². The molecule has 1 N–H and O–H groups in total. The molecule has 19 heavy (non-hydrogen) atoms. The number of hydrogen-bond acceptors (Lipinski definition) is 4. The summed E-state index contributed by atoms with van der Waals surface area (Å²) in [5.41, 5.74) is 1.63. The highest BCUT2D eigenvalue weighted by Gasteiger charge is 2.18. The topological polar surface area (TPSA) is 55.2 Å². The average Bonchev–Trinajstić information content (AvgIpc) is 2.39. The third-order valence-electron chi connectivity index (χ3n) is 2.77. The summed E-state index contributed by atoms with van der Waals surface area (Å²) in [6, 6.07) is 11.3. The Hall–Kier alpha value is -1.94. The van der Waals surface area contributed by atoms with E-state index in [1.807, 2.05) is 24.3 Å². The third kappa shape index (κ3) is 3.29. The van der Waals surface area contributed by atoms with E-state index >= 15 is 0 Å². The molecule has 4 nitrogen and oxygen atoms in total. The smallest absolute Gasteiger partial charge is 0.238 e. The second-order valence-electron chi connectivity index (χ2n) is 5.37. The SMILES string of the molecule is CC(C)(C)c1ccccc1Oc1ccc(CO)nn1. The molecule has 2 rings (SSSR count). The number of para-hydroxylation sites is 1. The summed E-state index contributed by atoms with van der Waals surface area (Å²) in [5.74, 6) is 1.20. The maximum atomic E-state index is 8.93. The molecule has 100 valence electrons. The Labute approximate surface area is 113 Å². The fraction of sp³-hybridized carbons (Fsp3) is 0.333. The molecule has 0 unspecified atom stereocenters. The first kappa shape index (κ1) is 13.5. The standard InChI is InChI=1S/C15H18N2O2/c1-15(2,3)12-6-4-5-7-13(12)19-14-9-8-11(10-18)16-17-14/h4-9,18H,10H2,1-3H3. The van der Waals surface area contributed by atoms with Crippen LogP contribution in [0.4, 0.5) is 0 Å². The van der Waals surface area contributed by atoms with Crippen LogP contribution in [-0.4, -0.2) is 15.3 Å².